The van der Waals surface area contributed by atoms with Gasteiger partial charge in [0.05, 0.1) is 16.5 Å². The Balaban J connectivity index is 2.02. The summed E-state index contributed by atoms with van der Waals surface area (Å²) < 4.78 is 38.5. The highest BCUT2D eigenvalue weighted by Crippen LogP contribution is 2.32. The molecule has 0 aliphatic heterocycles. The summed E-state index contributed by atoms with van der Waals surface area (Å²) in [7, 11) is 0. The molecule has 1 heterocycles. The summed E-state index contributed by atoms with van der Waals surface area (Å²) in [6.45, 7) is 1.53. The number of aromatic nitrogens is 1. The van der Waals surface area contributed by atoms with E-state index in [2.05, 4.69) is 10.3 Å². The van der Waals surface area contributed by atoms with Crippen LogP contribution in [0, 0.1) is 6.92 Å². The van der Waals surface area contributed by atoms with Gasteiger partial charge in [0.25, 0.3) is 5.91 Å². The molecule has 3 aromatic rings. The lowest BCUT2D eigenvalue weighted by Gasteiger charge is -2.12. The molecule has 0 saturated heterocycles. The lowest BCUT2D eigenvalue weighted by Crippen LogP contribution is -2.22. The Morgan fingerprint density at radius 3 is 2.62 bits per heavy atom. The molecule has 0 unspecified atom stereocenters. The van der Waals surface area contributed by atoms with E-state index >= 15 is 0 Å². The number of carbonyl (C=O) groups excluding carboxylic acids is 1. The Labute approximate surface area is 145 Å². The predicted molar refractivity (Wildman–Crippen MR) is 90.4 cm³/mol. The zero-order chi connectivity index (χ0) is 19.1. The van der Waals surface area contributed by atoms with Gasteiger partial charge in [0.1, 0.15) is 11.3 Å². The van der Waals surface area contributed by atoms with Crippen LogP contribution in [-0.2, 0) is 6.18 Å². The fourth-order valence-corrected chi connectivity index (χ4v) is 2.54. The number of aromatic amines is 1. The van der Waals surface area contributed by atoms with Crippen molar-refractivity contribution in [2.45, 2.75) is 13.1 Å². The van der Waals surface area contributed by atoms with Crippen molar-refractivity contribution in [2.75, 3.05) is 5.32 Å². The average molecular weight is 362 g/mol. The highest BCUT2D eigenvalue weighted by molar-refractivity contribution is 6.06. The van der Waals surface area contributed by atoms with Gasteiger partial charge in [0, 0.05) is 11.9 Å². The Morgan fingerprint density at radius 2 is 1.92 bits per heavy atom. The molecule has 0 atom stereocenters. The van der Waals surface area contributed by atoms with Gasteiger partial charge >= 0.3 is 6.18 Å². The Kier molecular flexibility index (Phi) is 4.19. The number of carbonyl (C=O) groups is 1. The number of halogens is 3. The van der Waals surface area contributed by atoms with Crippen molar-refractivity contribution < 1.29 is 23.1 Å². The predicted octanol–water partition coefficient (Wildman–Crippen LogP) is 3.81. The van der Waals surface area contributed by atoms with E-state index in [1.807, 2.05) is 0 Å². The van der Waals surface area contributed by atoms with E-state index < -0.39 is 23.1 Å². The minimum absolute atomic E-state index is 0.0541. The van der Waals surface area contributed by atoms with Gasteiger partial charge in [-0.15, -0.1) is 0 Å². The van der Waals surface area contributed by atoms with Crippen LogP contribution in [0.25, 0.3) is 10.9 Å². The number of nitrogens with one attached hydrogen (secondary N) is 2. The molecule has 0 fully saturated rings. The van der Waals surface area contributed by atoms with E-state index in [0.717, 1.165) is 18.3 Å². The molecule has 134 valence electrons. The fourth-order valence-electron chi connectivity index (χ4n) is 2.54. The van der Waals surface area contributed by atoms with Gasteiger partial charge in [-0.3, -0.25) is 9.59 Å². The first-order valence-corrected chi connectivity index (χ1v) is 7.51. The maximum Gasteiger partial charge on any atom is 0.416 e. The number of phenols is 1. The van der Waals surface area contributed by atoms with E-state index in [0.29, 0.717) is 11.1 Å². The second-order valence-corrected chi connectivity index (χ2v) is 5.71. The molecule has 1 amide bonds. The number of anilines is 1. The van der Waals surface area contributed by atoms with Crippen LogP contribution in [0.1, 0.15) is 21.5 Å². The number of alkyl halides is 3. The number of aryl methyl sites for hydroxylation is 1. The van der Waals surface area contributed by atoms with Crippen molar-refractivity contribution >= 4 is 22.5 Å². The third-order valence-electron chi connectivity index (χ3n) is 3.94. The molecular formula is C18H13F3N2O3. The number of fused-ring (bicyclic) bond motifs is 1. The maximum atomic E-state index is 12.8. The quantitative estimate of drug-likeness (QED) is 0.648. The number of pyridine rings is 1. The number of aromatic hydroxyl groups is 1. The van der Waals surface area contributed by atoms with Crippen LogP contribution < -0.4 is 10.7 Å². The Hall–Kier alpha value is -3.29. The smallest absolute Gasteiger partial charge is 0.416 e. The Morgan fingerprint density at radius 1 is 1.19 bits per heavy atom. The number of hydrogen-bond donors (Lipinski definition) is 3. The molecule has 5 nitrogen and oxygen atoms in total. The maximum absolute atomic E-state index is 12.8. The lowest BCUT2D eigenvalue weighted by molar-refractivity contribution is -0.137. The van der Waals surface area contributed by atoms with Crippen molar-refractivity contribution in [3.63, 3.8) is 0 Å². The zero-order valence-electron chi connectivity index (χ0n) is 13.4. The monoisotopic (exact) mass is 362 g/mol. The summed E-state index contributed by atoms with van der Waals surface area (Å²) in [4.78, 5) is 27.6. The molecule has 3 rings (SSSR count). The summed E-state index contributed by atoms with van der Waals surface area (Å²) in [5.74, 6) is -1.17. The van der Waals surface area contributed by atoms with E-state index in [-0.39, 0.29) is 22.4 Å². The molecule has 0 aliphatic rings. The normalized spacial score (nSPS) is 11.5. The number of hydrogen-bond acceptors (Lipinski definition) is 3. The first-order valence-electron chi connectivity index (χ1n) is 7.51. The molecule has 0 saturated carbocycles. The molecular weight excluding hydrogens is 349 g/mol. The minimum Gasteiger partial charge on any atom is -0.507 e. The van der Waals surface area contributed by atoms with Gasteiger partial charge in [0.15, 0.2) is 0 Å². The second kappa shape index (κ2) is 6.21. The van der Waals surface area contributed by atoms with Crippen molar-refractivity contribution in [1.29, 1.82) is 0 Å². The van der Waals surface area contributed by atoms with Crippen LogP contribution in [0.4, 0.5) is 18.9 Å². The van der Waals surface area contributed by atoms with Crippen LogP contribution in [0.5, 0.6) is 5.75 Å². The van der Waals surface area contributed by atoms with Crippen LogP contribution in [0.15, 0.2) is 47.4 Å². The first-order chi connectivity index (χ1) is 12.2. The molecule has 0 spiro atoms. The first kappa shape index (κ1) is 17.5. The van der Waals surface area contributed by atoms with E-state index in [9.17, 15) is 27.9 Å². The lowest BCUT2D eigenvalue weighted by atomic mass is 10.1. The number of H-pyrrole nitrogens is 1. The van der Waals surface area contributed by atoms with Crippen LogP contribution in [0.3, 0.4) is 0 Å². The minimum atomic E-state index is -4.56. The van der Waals surface area contributed by atoms with Crippen molar-refractivity contribution in [2.24, 2.45) is 0 Å². The van der Waals surface area contributed by atoms with Gasteiger partial charge < -0.3 is 15.4 Å². The number of benzene rings is 2. The van der Waals surface area contributed by atoms with E-state index in [1.165, 1.54) is 25.1 Å². The molecule has 3 N–H and O–H groups in total. The largest absolute Gasteiger partial charge is 0.507 e. The molecule has 8 heteroatoms. The zero-order valence-corrected chi connectivity index (χ0v) is 13.4. The van der Waals surface area contributed by atoms with Gasteiger partial charge in [-0.2, -0.15) is 13.2 Å². The molecule has 2 aromatic carbocycles. The average Bonchev–Trinajstić information content (AvgIpc) is 2.56. The number of rotatable bonds is 2. The van der Waals surface area contributed by atoms with E-state index in [1.54, 1.807) is 6.07 Å². The second-order valence-electron chi connectivity index (χ2n) is 5.71. The van der Waals surface area contributed by atoms with Crippen molar-refractivity contribution in [1.82, 2.24) is 4.98 Å². The van der Waals surface area contributed by atoms with Crippen LogP contribution in [-0.4, -0.2) is 16.0 Å². The van der Waals surface area contributed by atoms with Gasteiger partial charge in [-0.1, -0.05) is 12.1 Å². The molecule has 0 aliphatic carbocycles. The van der Waals surface area contributed by atoms with Gasteiger partial charge in [-0.05, 0) is 36.8 Å². The SMILES string of the molecule is Cc1ccc(C(F)(F)F)cc1NC(=O)c1c[nH]c2cccc(O)c2c1=O. The van der Waals surface area contributed by atoms with Gasteiger partial charge in [0.2, 0.25) is 5.43 Å². The molecule has 1 aromatic heterocycles. The van der Waals surface area contributed by atoms with Crippen molar-refractivity contribution in [3.8, 4) is 5.75 Å². The number of amides is 1. The summed E-state index contributed by atoms with van der Waals surface area (Å²) in [6.07, 6.45) is -3.40. The Bertz CT molecular complexity index is 1070. The third-order valence-corrected chi connectivity index (χ3v) is 3.94. The standard InChI is InChI=1S/C18H13F3N2O3/c1-9-5-6-10(18(19,20)21)7-13(9)23-17(26)11-8-22-12-3-2-4-14(24)15(12)16(11)25/h2-8,24H,1H3,(H,22,25)(H,23,26). The van der Waals surface area contributed by atoms with Crippen LogP contribution in [0.2, 0.25) is 0 Å². The van der Waals surface area contributed by atoms with E-state index in [4.69, 9.17) is 0 Å². The summed E-state index contributed by atoms with van der Waals surface area (Å²) in [6, 6.07) is 7.32. The highest BCUT2D eigenvalue weighted by Gasteiger charge is 2.31. The summed E-state index contributed by atoms with van der Waals surface area (Å²) >= 11 is 0. The van der Waals surface area contributed by atoms with Crippen molar-refractivity contribution in [3.05, 3.63) is 69.5 Å². The number of phenolic OH excluding ortho intramolecular Hbond substituents is 1. The van der Waals surface area contributed by atoms with Gasteiger partial charge in [-0.25, -0.2) is 0 Å². The summed E-state index contributed by atoms with van der Waals surface area (Å²) in [5, 5.41) is 12.1. The molecule has 0 radical (unpaired) electrons. The van der Waals surface area contributed by atoms with Crippen LogP contribution >= 0.6 is 0 Å². The molecule has 0 bridgehead atoms. The fraction of sp³-hybridized carbons (Fsp3) is 0.111. The molecule has 26 heavy (non-hydrogen) atoms. The third kappa shape index (κ3) is 3.13. The summed E-state index contributed by atoms with van der Waals surface area (Å²) in [5.41, 5.74) is -1.27. The topological polar surface area (TPSA) is 82.2 Å². The highest BCUT2D eigenvalue weighted by atomic mass is 19.4.